The Morgan fingerprint density at radius 3 is 2.56 bits per heavy atom. The monoisotopic (exact) mass is 254 g/mol. The van der Waals surface area contributed by atoms with E-state index in [1.54, 1.807) is 6.07 Å². The molecule has 18 heavy (non-hydrogen) atoms. The molecule has 0 rings (SSSR count). The fourth-order valence-corrected chi connectivity index (χ4v) is 0.989. The zero-order chi connectivity index (χ0) is 14.0. The maximum atomic E-state index is 11.4. The molecule has 0 aliphatic heterocycles. The smallest absolute Gasteiger partial charge is 0.305 e. The van der Waals surface area contributed by atoms with Crippen molar-refractivity contribution in [3.8, 4) is 6.07 Å². The summed E-state index contributed by atoms with van der Waals surface area (Å²) in [5.74, 6) is -1.57. The van der Waals surface area contributed by atoms with E-state index in [4.69, 9.17) is 10.4 Å². The lowest BCUT2D eigenvalue weighted by molar-refractivity contribution is -0.136. The minimum absolute atomic E-state index is 0.00485. The maximum absolute atomic E-state index is 11.4. The summed E-state index contributed by atoms with van der Waals surface area (Å²) in [6.45, 7) is 1.39. The number of carboxylic acid groups (broad SMARTS) is 1. The standard InChI is InChI=1S/C11H18N4O3/c1-15(2)6-5-13-8-9(7-12)11(18)14-4-3-10(16)17/h8,13H,3-6H2,1-2H3,(H,14,18)(H,16,17)/b9-8-. The van der Waals surface area contributed by atoms with Crippen LogP contribution in [0, 0.1) is 11.3 Å². The molecular weight excluding hydrogens is 236 g/mol. The van der Waals surface area contributed by atoms with Crippen LogP contribution >= 0.6 is 0 Å². The first-order valence-corrected chi connectivity index (χ1v) is 5.45. The van der Waals surface area contributed by atoms with Crippen molar-refractivity contribution >= 4 is 11.9 Å². The van der Waals surface area contributed by atoms with E-state index in [1.807, 2.05) is 19.0 Å². The summed E-state index contributed by atoms with van der Waals surface area (Å²) in [6.07, 6.45) is 1.16. The molecule has 0 aliphatic carbocycles. The molecule has 0 radical (unpaired) electrons. The number of amides is 1. The molecule has 3 N–H and O–H groups in total. The largest absolute Gasteiger partial charge is 0.481 e. The molecular formula is C11H18N4O3. The molecule has 0 saturated carbocycles. The second-order valence-corrected chi connectivity index (χ2v) is 3.83. The summed E-state index contributed by atoms with van der Waals surface area (Å²) >= 11 is 0. The Morgan fingerprint density at radius 2 is 2.06 bits per heavy atom. The minimum Gasteiger partial charge on any atom is -0.481 e. The van der Waals surface area contributed by atoms with Gasteiger partial charge in [0.05, 0.1) is 6.42 Å². The Morgan fingerprint density at radius 1 is 1.39 bits per heavy atom. The Kier molecular flexibility index (Phi) is 7.98. The molecule has 0 aromatic carbocycles. The highest BCUT2D eigenvalue weighted by Crippen LogP contribution is 1.90. The summed E-state index contributed by atoms with van der Waals surface area (Å²) in [4.78, 5) is 23.6. The highest BCUT2D eigenvalue weighted by Gasteiger charge is 2.08. The van der Waals surface area contributed by atoms with E-state index in [0.29, 0.717) is 6.54 Å². The number of likely N-dealkylation sites (N-methyl/N-ethyl adjacent to an activating group) is 1. The van der Waals surface area contributed by atoms with Gasteiger partial charge in [0.15, 0.2) is 0 Å². The van der Waals surface area contributed by atoms with E-state index in [2.05, 4.69) is 10.6 Å². The third-order valence-electron chi connectivity index (χ3n) is 1.94. The molecule has 0 fully saturated rings. The van der Waals surface area contributed by atoms with Crippen molar-refractivity contribution in [2.75, 3.05) is 33.7 Å². The van der Waals surface area contributed by atoms with E-state index >= 15 is 0 Å². The Hall–Kier alpha value is -2.07. The number of nitrogens with one attached hydrogen (secondary N) is 2. The first-order chi connectivity index (χ1) is 8.47. The van der Waals surface area contributed by atoms with Gasteiger partial charge < -0.3 is 20.6 Å². The fourth-order valence-electron chi connectivity index (χ4n) is 0.989. The number of hydrogen-bond acceptors (Lipinski definition) is 5. The van der Waals surface area contributed by atoms with Gasteiger partial charge in [-0.3, -0.25) is 9.59 Å². The number of carboxylic acids is 1. The SMILES string of the molecule is CN(C)CCN/C=C(/C#N)C(=O)NCCC(=O)O. The quantitative estimate of drug-likeness (QED) is 0.295. The van der Waals surface area contributed by atoms with Gasteiger partial charge in [0.1, 0.15) is 11.6 Å². The topological polar surface area (TPSA) is 105 Å². The van der Waals surface area contributed by atoms with Gasteiger partial charge in [0.2, 0.25) is 0 Å². The van der Waals surface area contributed by atoms with Crippen LogP contribution < -0.4 is 10.6 Å². The van der Waals surface area contributed by atoms with E-state index in [9.17, 15) is 9.59 Å². The van der Waals surface area contributed by atoms with Crippen molar-refractivity contribution < 1.29 is 14.7 Å². The van der Waals surface area contributed by atoms with Crippen molar-refractivity contribution in [3.63, 3.8) is 0 Å². The fraction of sp³-hybridized carbons (Fsp3) is 0.545. The predicted octanol–water partition coefficient (Wildman–Crippen LogP) is -0.864. The van der Waals surface area contributed by atoms with Crippen molar-refractivity contribution in [2.45, 2.75) is 6.42 Å². The molecule has 0 heterocycles. The molecule has 0 aromatic rings. The van der Waals surface area contributed by atoms with Gasteiger partial charge >= 0.3 is 5.97 Å². The van der Waals surface area contributed by atoms with Crippen LogP contribution in [0.15, 0.2) is 11.8 Å². The van der Waals surface area contributed by atoms with Crippen molar-refractivity contribution in [2.24, 2.45) is 0 Å². The summed E-state index contributed by atoms with van der Waals surface area (Å²) in [5, 5.41) is 22.4. The van der Waals surface area contributed by atoms with Crippen LogP contribution in [0.4, 0.5) is 0 Å². The van der Waals surface area contributed by atoms with Crippen LogP contribution in [0.5, 0.6) is 0 Å². The molecule has 0 saturated heterocycles. The predicted molar refractivity (Wildman–Crippen MR) is 65.5 cm³/mol. The molecule has 0 spiro atoms. The maximum Gasteiger partial charge on any atom is 0.305 e. The van der Waals surface area contributed by atoms with Gasteiger partial charge in [-0.15, -0.1) is 0 Å². The van der Waals surface area contributed by atoms with Gasteiger partial charge in [-0.1, -0.05) is 0 Å². The average Bonchev–Trinajstić information content (AvgIpc) is 2.28. The second kappa shape index (κ2) is 9.01. The molecule has 0 unspecified atom stereocenters. The normalized spacial score (nSPS) is 10.9. The van der Waals surface area contributed by atoms with Crippen molar-refractivity contribution in [1.82, 2.24) is 15.5 Å². The van der Waals surface area contributed by atoms with Gasteiger partial charge in [0.25, 0.3) is 5.91 Å². The van der Waals surface area contributed by atoms with E-state index < -0.39 is 11.9 Å². The number of nitrogens with zero attached hydrogens (tertiary/aromatic N) is 2. The number of hydrogen-bond donors (Lipinski definition) is 3. The first-order valence-electron chi connectivity index (χ1n) is 5.45. The minimum atomic E-state index is -0.998. The summed E-state index contributed by atoms with van der Waals surface area (Å²) in [7, 11) is 3.82. The molecule has 7 heteroatoms. The summed E-state index contributed by atoms with van der Waals surface area (Å²) in [5.41, 5.74) is -0.0702. The van der Waals surface area contributed by atoms with Gasteiger partial charge in [-0.2, -0.15) is 5.26 Å². The average molecular weight is 254 g/mol. The highest BCUT2D eigenvalue weighted by atomic mass is 16.4. The number of carbonyl (C=O) groups is 2. The lowest BCUT2D eigenvalue weighted by Crippen LogP contribution is -2.29. The van der Waals surface area contributed by atoms with Gasteiger partial charge in [-0.05, 0) is 14.1 Å². The number of aliphatic carboxylic acids is 1. The molecule has 0 atom stereocenters. The van der Waals surface area contributed by atoms with Crippen LogP contribution in [0.25, 0.3) is 0 Å². The summed E-state index contributed by atoms with van der Waals surface area (Å²) < 4.78 is 0. The zero-order valence-corrected chi connectivity index (χ0v) is 10.6. The molecule has 0 aromatic heterocycles. The van der Waals surface area contributed by atoms with Crippen LogP contribution in [-0.4, -0.2) is 55.6 Å². The number of carbonyl (C=O) groups excluding carboxylic acids is 1. The second-order valence-electron chi connectivity index (χ2n) is 3.83. The lowest BCUT2D eigenvalue weighted by Gasteiger charge is -2.09. The number of nitriles is 1. The summed E-state index contributed by atoms with van der Waals surface area (Å²) in [6, 6.07) is 1.75. The Labute approximate surface area is 106 Å². The highest BCUT2D eigenvalue weighted by molar-refractivity contribution is 5.97. The third-order valence-corrected chi connectivity index (χ3v) is 1.94. The third kappa shape index (κ3) is 8.13. The molecule has 0 bridgehead atoms. The van der Waals surface area contributed by atoms with Crippen LogP contribution in [-0.2, 0) is 9.59 Å². The van der Waals surface area contributed by atoms with Crippen molar-refractivity contribution in [1.29, 1.82) is 5.26 Å². The molecule has 7 nitrogen and oxygen atoms in total. The van der Waals surface area contributed by atoms with Crippen LogP contribution in [0.2, 0.25) is 0 Å². The first kappa shape index (κ1) is 15.9. The van der Waals surface area contributed by atoms with Gasteiger partial charge in [0, 0.05) is 25.8 Å². The van der Waals surface area contributed by atoms with Crippen LogP contribution in [0.1, 0.15) is 6.42 Å². The number of rotatable bonds is 8. The molecule has 100 valence electrons. The van der Waals surface area contributed by atoms with Crippen LogP contribution in [0.3, 0.4) is 0 Å². The van der Waals surface area contributed by atoms with E-state index in [-0.39, 0.29) is 18.5 Å². The van der Waals surface area contributed by atoms with Gasteiger partial charge in [-0.25, -0.2) is 0 Å². The Bertz CT molecular complexity index is 358. The van der Waals surface area contributed by atoms with Crippen molar-refractivity contribution in [3.05, 3.63) is 11.8 Å². The lowest BCUT2D eigenvalue weighted by atomic mass is 10.3. The Balaban J connectivity index is 4.07. The van der Waals surface area contributed by atoms with E-state index in [0.717, 1.165) is 6.54 Å². The molecule has 0 aliphatic rings. The van der Waals surface area contributed by atoms with E-state index in [1.165, 1.54) is 6.20 Å². The molecule has 1 amide bonds. The zero-order valence-electron chi connectivity index (χ0n) is 10.6.